The Bertz CT molecular complexity index is 533. The van der Waals surface area contributed by atoms with E-state index in [1.54, 1.807) is 6.92 Å². The molecule has 1 unspecified atom stereocenters. The standard InChI is InChI=1S/C17H22N2O2/c1-13(20)19-9-7-17(8-10-19)12-15(11-16(21)18-17)14-5-3-2-4-6-14/h2-6,15H,7-12H2,1H3,(H,18,21). The summed E-state index contributed by atoms with van der Waals surface area (Å²) in [4.78, 5) is 25.5. The molecule has 112 valence electrons. The third kappa shape index (κ3) is 2.94. The van der Waals surface area contributed by atoms with Crippen LogP contribution >= 0.6 is 0 Å². The van der Waals surface area contributed by atoms with E-state index in [4.69, 9.17) is 0 Å². The summed E-state index contributed by atoms with van der Waals surface area (Å²) in [5.41, 5.74) is 1.13. The Morgan fingerprint density at radius 3 is 2.52 bits per heavy atom. The van der Waals surface area contributed by atoms with Crippen LogP contribution in [0, 0.1) is 0 Å². The molecule has 0 radical (unpaired) electrons. The van der Waals surface area contributed by atoms with E-state index in [1.165, 1.54) is 5.56 Å². The van der Waals surface area contributed by atoms with Crippen molar-refractivity contribution in [3.63, 3.8) is 0 Å². The van der Waals surface area contributed by atoms with Gasteiger partial charge in [0.15, 0.2) is 0 Å². The van der Waals surface area contributed by atoms with Gasteiger partial charge >= 0.3 is 0 Å². The summed E-state index contributed by atoms with van der Waals surface area (Å²) < 4.78 is 0. The van der Waals surface area contributed by atoms with Gasteiger partial charge in [0.25, 0.3) is 0 Å². The van der Waals surface area contributed by atoms with Gasteiger partial charge in [0.2, 0.25) is 11.8 Å². The van der Waals surface area contributed by atoms with Gasteiger partial charge in [0.1, 0.15) is 0 Å². The number of carbonyl (C=O) groups is 2. The number of carbonyl (C=O) groups excluding carboxylic acids is 2. The quantitative estimate of drug-likeness (QED) is 0.859. The molecule has 21 heavy (non-hydrogen) atoms. The highest BCUT2D eigenvalue weighted by Gasteiger charge is 2.42. The Labute approximate surface area is 125 Å². The fraction of sp³-hybridized carbons (Fsp3) is 0.529. The molecule has 1 aromatic rings. The lowest BCUT2D eigenvalue weighted by Gasteiger charge is -2.46. The molecule has 0 aromatic heterocycles. The van der Waals surface area contributed by atoms with Crippen molar-refractivity contribution >= 4 is 11.8 Å². The molecule has 4 heteroatoms. The molecule has 4 nitrogen and oxygen atoms in total. The Morgan fingerprint density at radius 1 is 1.24 bits per heavy atom. The van der Waals surface area contributed by atoms with Gasteiger partial charge in [0.05, 0.1) is 0 Å². The Hall–Kier alpha value is -1.84. The van der Waals surface area contributed by atoms with Crippen molar-refractivity contribution in [2.24, 2.45) is 0 Å². The average molecular weight is 286 g/mol. The number of benzene rings is 1. The maximum atomic E-state index is 12.1. The maximum Gasteiger partial charge on any atom is 0.221 e. The lowest BCUT2D eigenvalue weighted by atomic mass is 9.73. The normalized spacial score (nSPS) is 24.7. The lowest BCUT2D eigenvalue weighted by molar-refractivity contribution is -0.132. The van der Waals surface area contributed by atoms with Crippen LogP contribution in [0.2, 0.25) is 0 Å². The maximum absolute atomic E-state index is 12.1. The van der Waals surface area contributed by atoms with E-state index in [1.807, 2.05) is 23.1 Å². The average Bonchev–Trinajstić information content (AvgIpc) is 2.48. The summed E-state index contributed by atoms with van der Waals surface area (Å²) >= 11 is 0. The van der Waals surface area contributed by atoms with Crippen LogP contribution in [-0.4, -0.2) is 35.3 Å². The second kappa shape index (κ2) is 5.51. The molecule has 0 saturated carbocycles. The molecule has 0 bridgehead atoms. The van der Waals surface area contributed by atoms with Crippen molar-refractivity contribution in [2.75, 3.05) is 13.1 Å². The number of likely N-dealkylation sites (tertiary alicyclic amines) is 1. The fourth-order valence-electron chi connectivity index (χ4n) is 3.71. The molecule has 3 rings (SSSR count). The van der Waals surface area contributed by atoms with E-state index in [-0.39, 0.29) is 17.4 Å². The smallest absolute Gasteiger partial charge is 0.221 e. The molecule has 2 aliphatic rings. The zero-order valence-corrected chi connectivity index (χ0v) is 12.5. The van der Waals surface area contributed by atoms with Crippen LogP contribution in [0.4, 0.5) is 0 Å². The first kappa shape index (κ1) is 14.1. The number of amides is 2. The number of piperidine rings is 2. The number of rotatable bonds is 1. The van der Waals surface area contributed by atoms with Gasteiger partial charge in [-0.2, -0.15) is 0 Å². The highest BCUT2D eigenvalue weighted by atomic mass is 16.2. The molecule has 2 amide bonds. The van der Waals surface area contributed by atoms with Gasteiger partial charge in [-0.05, 0) is 30.7 Å². The summed E-state index contributed by atoms with van der Waals surface area (Å²) in [5.74, 6) is 0.571. The van der Waals surface area contributed by atoms with Crippen molar-refractivity contribution in [1.82, 2.24) is 10.2 Å². The number of hydrogen-bond donors (Lipinski definition) is 1. The number of nitrogens with zero attached hydrogens (tertiary/aromatic N) is 1. The van der Waals surface area contributed by atoms with Gasteiger partial charge in [-0.25, -0.2) is 0 Å². The highest BCUT2D eigenvalue weighted by molar-refractivity contribution is 5.79. The topological polar surface area (TPSA) is 49.4 Å². The first-order chi connectivity index (χ1) is 10.1. The molecule has 1 aromatic carbocycles. The van der Waals surface area contributed by atoms with Crippen LogP contribution in [0.3, 0.4) is 0 Å². The minimum atomic E-state index is -0.123. The first-order valence-electron chi connectivity index (χ1n) is 7.69. The minimum absolute atomic E-state index is 0.123. The summed E-state index contributed by atoms with van der Waals surface area (Å²) in [6, 6.07) is 10.3. The van der Waals surface area contributed by atoms with Gasteiger partial charge < -0.3 is 10.2 Å². The SMILES string of the molecule is CC(=O)N1CCC2(CC1)CC(c1ccccc1)CC(=O)N2. The van der Waals surface area contributed by atoms with Crippen LogP contribution in [0.5, 0.6) is 0 Å². The molecule has 0 aliphatic carbocycles. The first-order valence-corrected chi connectivity index (χ1v) is 7.69. The van der Waals surface area contributed by atoms with E-state index in [0.717, 1.165) is 32.4 Å². The summed E-state index contributed by atoms with van der Waals surface area (Å²) in [5, 5.41) is 3.21. The van der Waals surface area contributed by atoms with Crippen molar-refractivity contribution in [3.05, 3.63) is 35.9 Å². The Morgan fingerprint density at radius 2 is 1.90 bits per heavy atom. The molecular weight excluding hydrogens is 264 g/mol. The fourth-order valence-corrected chi connectivity index (χ4v) is 3.71. The van der Waals surface area contributed by atoms with Crippen LogP contribution in [0.25, 0.3) is 0 Å². The van der Waals surface area contributed by atoms with Crippen molar-refractivity contribution in [1.29, 1.82) is 0 Å². The van der Waals surface area contributed by atoms with Crippen LogP contribution in [-0.2, 0) is 9.59 Å². The van der Waals surface area contributed by atoms with E-state index in [9.17, 15) is 9.59 Å². The molecule has 2 heterocycles. The van der Waals surface area contributed by atoms with Crippen LogP contribution < -0.4 is 5.32 Å². The number of nitrogens with one attached hydrogen (secondary N) is 1. The third-order valence-corrected chi connectivity index (χ3v) is 4.91. The largest absolute Gasteiger partial charge is 0.350 e. The predicted molar refractivity (Wildman–Crippen MR) is 80.8 cm³/mol. The molecule has 2 aliphatic heterocycles. The molecule has 1 N–H and O–H groups in total. The van der Waals surface area contributed by atoms with Gasteiger partial charge in [-0.3, -0.25) is 9.59 Å². The van der Waals surface area contributed by atoms with E-state index < -0.39 is 0 Å². The van der Waals surface area contributed by atoms with E-state index >= 15 is 0 Å². The molecule has 2 saturated heterocycles. The minimum Gasteiger partial charge on any atom is -0.350 e. The van der Waals surface area contributed by atoms with E-state index in [0.29, 0.717) is 12.3 Å². The van der Waals surface area contributed by atoms with Crippen molar-refractivity contribution in [2.45, 2.75) is 44.1 Å². The van der Waals surface area contributed by atoms with E-state index in [2.05, 4.69) is 17.4 Å². The molecular formula is C17H22N2O2. The Balaban J connectivity index is 1.75. The Kier molecular flexibility index (Phi) is 3.70. The third-order valence-electron chi connectivity index (χ3n) is 4.91. The summed E-state index contributed by atoms with van der Waals surface area (Å²) in [6.07, 6.45) is 3.28. The molecule has 1 spiro atoms. The molecule has 1 atom stereocenters. The van der Waals surface area contributed by atoms with Crippen LogP contribution in [0.15, 0.2) is 30.3 Å². The zero-order valence-electron chi connectivity index (χ0n) is 12.5. The van der Waals surface area contributed by atoms with Crippen molar-refractivity contribution in [3.8, 4) is 0 Å². The monoisotopic (exact) mass is 286 g/mol. The van der Waals surface area contributed by atoms with Gasteiger partial charge in [-0.15, -0.1) is 0 Å². The predicted octanol–water partition coefficient (Wildman–Crippen LogP) is 2.06. The molecule has 2 fully saturated rings. The van der Waals surface area contributed by atoms with Crippen LogP contribution in [0.1, 0.15) is 44.1 Å². The summed E-state index contributed by atoms with van der Waals surface area (Å²) in [7, 11) is 0. The number of hydrogen-bond acceptors (Lipinski definition) is 2. The second-order valence-electron chi connectivity index (χ2n) is 6.35. The zero-order chi connectivity index (χ0) is 14.9. The lowest BCUT2D eigenvalue weighted by Crippen LogP contribution is -2.59. The van der Waals surface area contributed by atoms with Gasteiger partial charge in [0, 0.05) is 32.0 Å². The van der Waals surface area contributed by atoms with Gasteiger partial charge in [-0.1, -0.05) is 30.3 Å². The highest BCUT2D eigenvalue weighted by Crippen LogP contribution is 2.38. The second-order valence-corrected chi connectivity index (χ2v) is 6.35. The summed E-state index contributed by atoms with van der Waals surface area (Å²) in [6.45, 7) is 3.11. The van der Waals surface area contributed by atoms with Crippen molar-refractivity contribution < 1.29 is 9.59 Å².